The Balaban J connectivity index is 1.64. The second kappa shape index (κ2) is 10.1. The Labute approximate surface area is 208 Å². The van der Waals surface area contributed by atoms with Crippen molar-refractivity contribution in [1.29, 1.82) is 0 Å². The predicted octanol–water partition coefficient (Wildman–Crippen LogP) is 6.56. The molecule has 35 heavy (non-hydrogen) atoms. The number of hydrogen-bond acceptors (Lipinski definition) is 5. The van der Waals surface area contributed by atoms with Gasteiger partial charge in [-0.2, -0.15) is 13.2 Å². The number of carbonyl (C=O) groups excluding carboxylic acids is 1. The molecule has 0 atom stereocenters. The molecule has 0 radical (unpaired) electrons. The maximum Gasteiger partial charge on any atom is 0.417 e. The molecule has 182 valence electrons. The Bertz CT molecular complexity index is 1390. The summed E-state index contributed by atoms with van der Waals surface area (Å²) >= 11 is 12.1. The van der Waals surface area contributed by atoms with E-state index >= 15 is 0 Å². The number of esters is 1. The minimum atomic E-state index is -4.58. The smallest absolute Gasteiger partial charge is 0.417 e. The average molecular weight is 524 g/mol. The number of nitrogens with zero attached hydrogens (tertiary/aromatic N) is 3. The Morgan fingerprint density at radius 2 is 1.89 bits per heavy atom. The predicted molar refractivity (Wildman–Crippen MR) is 125 cm³/mol. The lowest BCUT2D eigenvalue weighted by molar-refractivity contribution is -0.136. The number of fused-ring (bicyclic) bond motifs is 1. The highest BCUT2D eigenvalue weighted by Crippen LogP contribution is 2.39. The number of aromatic nitrogens is 3. The average Bonchev–Trinajstić information content (AvgIpc) is 3.25. The molecule has 3 aromatic carbocycles. The van der Waals surface area contributed by atoms with Gasteiger partial charge in [-0.15, -0.1) is 5.10 Å². The third-order valence-corrected chi connectivity index (χ3v) is 5.70. The maximum atomic E-state index is 13.5. The van der Waals surface area contributed by atoms with Crippen molar-refractivity contribution in [1.82, 2.24) is 15.0 Å². The number of hydrogen-bond donors (Lipinski definition) is 0. The molecule has 6 nitrogen and oxygen atoms in total. The van der Waals surface area contributed by atoms with Gasteiger partial charge in [-0.05, 0) is 42.1 Å². The van der Waals surface area contributed by atoms with E-state index in [2.05, 4.69) is 10.3 Å². The van der Waals surface area contributed by atoms with Crippen LogP contribution in [0.5, 0.6) is 5.75 Å². The molecule has 0 aliphatic heterocycles. The van der Waals surface area contributed by atoms with E-state index in [-0.39, 0.29) is 35.3 Å². The fourth-order valence-corrected chi connectivity index (χ4v) is 4.02. The number of ether oxygens (including phenoxy) is 2. The summed E-state index contributed by atoms with van der Waals surface area (Å²) in [6.45, 7) is 1.91. The van der Waals surface area contributed by atoms with Crippen molar-refractivity contribution in [2.24, 2.45) is 0 Å². The van der Waals surface area contributed by atoms with Crippen LogP contribution in [-0.4, -0.2) is 27.6 Å². The zero-order chi connectivity index (χ0) is 25.2. The van der Waals surface area contributed by atoms with Gasteiger partial charge in [0.25, 0.3) is 0 Å². The first kappa shape index (κ1) is 24.8. The molecule has 0 bridgehead atoms. The van der Waals surface area contributed by atoms with Crippen molar-refractivity contribution in [2.75, 3.05) is 6.61 Å². The molecule has 4 rings (SSSR count). The van der Waals surface area contributed by atoms with Crippen LogP contribution in [0.25, 0.3) is 10.8 Å². The number of rotatable bonds is 7. The molecule has 0 fully saturated rings. The molecule has 1 heterocycles. The van der Waals surface area contributed by atoms with Crippen LogP contribution in [0.3, 0.4) is 0 Å². The zero-order valence-corrected chi connectivity index (χ0v) is 19.8. The van der Waals surface area contributed by atoms with Gasteiger partial charge in [0.2, 0.25) is 0 Å². The summed E-state index contributed by atoms with van der Waals surface area (Å²) in [6, 6.07) is 11.3. The van der Waals surface area contributed by atoms with Gasteiger partial charge in [0.15, 0.2) is 0 Å². The second-order valence-corrected chi connectivity index (χ2v) is 8.34. The van der Waals surface area contributed by atoms with Gasteiger partial charge in [-0.3, -0.25) is 0 Å². The van der Waals surface area contributed by atoms with E-state index in [4.69, 9.17) is 32.7 Å². The number of carbonyl (C=O) groups is 1. The van der Waals surface area contributed by atoms with E-state index in [0.29, 0.717) is 22.3 Å². The molecule has 0 unspecified atom stereocenters. The summed E-state index contributed by atoms with van der Waals surface area (Å²) in [5.74, 6) is -0.731. The molecule has 11 heteroatoms. The summed E-state index contributed by atoms with van der Waals surface area (Å²) in [5.41, 5.74) is 0.348. The highest BCUT2D eigenvalue weighted by atomic mass is 35.5. The lowest BCUT2D eigenvalue weighted by Crippen LogP contribution is -2.10. The van der Waals surface area contributed by atoms with Crippen LogP contribution in [0.2, 0.25) is 10.0 Å². The zero-order valence-electron chi connectivity index (χ0n) is 18.3. The molecular weight excluding hydrogens is 506 g/mol. The molecule has 0 amide bonds. The van der Waals surface area contributed by atoms with Gasteiger partial charge in [0.05, 0.1) is 24.9 Å². The fraction of sp³-hybridized carbons (Fsp3) is 0.208. The molecular formula is C24H18Cl2F3N3O3. The van der Waals surface area contributed by atoms with Crippen LogP contribution in [0.4, 0.5) is 13.2 Å². The molecule has 0 spiro atoms. The Morgan fingerprint density at radius 1 is 1.09 bits per heavy atom. The summed E-state index contributed by atoms with van der Waals surface area (Å²) < 4.78 is 53.1. The quantitative estimate of drug-likeness (QED) is 0.256. The van der Waals surface area contributed by atoms with Crippen LogP contribution in [0.15, 0.2) is 54.7 Å². The summed E-state index contributed by atoms with van der Waals surface area (Å²) in [7, 11) is 0. The van der Waals surface area contributed by atoms with Gasteiger partial charge >= 0.3 is 12.1 Å². The molecule has 0 aliphatic rings. The maximum absolute atomic E-state index is 13.5. The number of alkyl halides is 3. The van der Waals surface area contributed by atoms with E-state index in [1.54, 1.807) is 31.3 Å². The van der Waals surface area contributed by atoms with E-state index < -0.39 is 17.7 Å². The van der Waals surface area contributed by atoms with Crippen molar-refractivity contribution < 1.29 is 27.4 Å². The molecule has 4 aromatic rings. The molecule has 0 aliphatic carbocycles. The monoisotopic (exact) mass is 523 g/mol. The lowest BCUT2D eigenvalue weighted by atomic mass is 10.0. The van der Waals surface area contributed by atoms with E-state index in [9.17, 15) is 18.0 Å². The lowest BCUT2D eigenvalue weighted by Gasteiger charge is -2.16. The first-order chi connectivity index (χ1) is 16.7. The Morgan fingerprint density at radius 3 is 2.60 bits per heavy atom. The van der Waals surface area contributed by atoms with Crippen molar-refractivity contribution in [3.8, 4) is 5.75 Å². The van der Waals surface area contributed by atoms with Crippen molar-refractivity contribution >= 4 is 39.9 Å². The third kappa shape index (κ3) is 5.52. The number of halogens is 5. The summed E-state index contributed by atoms with van der Waals surface area (Å²) in [4.78, 5) is 12.5. The van der Waals surface area contributed by atoms with Gasteiger partial charge in [0.1, 0.15) is 23.6 Å². The van der Waals surface area contributed by atoms with Crippen LogP contribution >= 0.6 is 23.2 Å². The second-order valence-electron chi connectivity index (χ2n) is 7.49. The minimum absolute atomic E-state index is 0.0130. The number of benzene rings is 3. The topological polar surface area (TPSA) is 66.2 Å². The normalized spacial score (nSPS) is 11.6. The van der Waals surface area contributed by atoms with Gasteiger partial charge in [0, 0.05) is 15.4 Å². The van der Waals surface area contributed by atoms with Crippen LogP contribution in [0.1, 0.15) is 34.1 Å². The van der Waals surface area contributed by atoms with Crippen LogP contribution in [-0.2, 0) is 24.1 Å². The SMILES string of the molecule is CCOC(=O)c1ccc2c(C(F)(F)F)cccc2c1OCc1cn(Cc2ccc(Cl)cc2Cl)nn1. The molecule has 1 aromatic heterocycles. The fourth-order valence-electron chi connectivity index (χ4n) is 3.55. The van der Waals surface area contributed by atoms with Crippen LogP contribution < -0.4 is 4.74 Å². The molecule has 0 saturated heterocycles. The largest absolute Gasteiger partial charge is 0.486 e. The summed E-state index contributed by atoms with van der Waals surface area (Å²) in [6.07, 6.45) is -2.96. The van der Waals surface area contributed by atoms with Crippen molar-refractivity contribution in [3.05, 3.63) is 87.2 Å². The third-order valence-electron chi connectivity index (χ3n) is 5.11. The first-order valence-electron chi connectivity index (χ1n) is 10.4. The van der Waals surface area contributed by atoms with Gasteiger partial charge < -0.3 is 9.47 Å². The standard InChI is InChI=1S/C24H18Cl2F3N3O3/c1-2-34-23(33)19-9-8-17-18(4-3-5-20(17)24(27,28)29)22(19)35-13-16-12-32(31-30-16)11-14-6-7-15(25)10-21(14)26/h3-10,12H,2,11,13H2,1H3. The summed E-state index contributed by atoms with van der Waals surface area (Å²) in [5, 5.41) is 9.10. The van der Waals surface area contributed by atoms with E-state index in [0.717, 1.165) is 11.6 Å². The van der Waals surface area contributed by atoms with Gasteiger partial charge in [-0.1, -0.05) is 52.7 Å². The highest BCUT2D eigenvalue weighted by Gasteiger charge is 2.33. The highest BCUT2D eigenvalue weighted by molar-refractivity contribution is 6.35. The van der Waals surface area contributed by atoms with Crippen molar-refractivity contribution in [2.45, 2.75) is 26.3 Å². The van der Waals surface area contributed by atoms with Gasteiger partial charge in [-0.25, -0.2) is 9.48 Å². The minimum Gasteiger partial charge on any atom is -0.486 e. The first-order valence-corrected chi connectivity index (χ1v) is 11.2. The van der Waals surface area contributed by atoms with Crippen LogP contribution in [0, 0.1) is 0 Å². The molecule has 0 saturated carbocycles. The Kier molecular flexibility index (Phi) is 7.18. The van der Waals surface area contributed by atoms with E-state index in [1.165, 1.54) is 28.9 Å². The van der Waals surface area contributed by atoms with Crippen molar-refractivity contribution in [3.63, 3.8) is 0 Å². The molecule has 0 N–H and O–H groups in total. The van der Waals surface area contributed by atoms with E-state index in [1.807, 2.05) is 0 Å². The Hall–Kier alpha value is -3.30.